The molecular formula is C26H30FN5O3. The van der Waals surface area contributed by atoms with E-state index in [0.717, 1.165) is 22.6 Å². The van der Waals surface area contributed by atoms with E-state index < -0.39 is 0 Å². The lowest BCUT2D eigenvalue weighted by atomic mass is 10.0. The van der Waals surface area contributed by atoms with Gasteiger partial charge in [-0.2, -0.15) is 0 Å². The third-order valence-corrected chi connectivity index (χ3v) is 6.09. The summed E-state index contributed by atoms with van der Waals surface area (Å²) < 4.78 is 24.4. The fourth-order valence-electron chi connectivity index (χ4n) is 4.25. The van der Waals surface area contributed by atoms with Crippen molar-refractivity contribution in [2.24, 2.45) is 0 Å². The summed E-state index contributed by atoms with van der Waals surface area (Å²) in [6, 6.07) is 11.7. The van der Waals surface area contributed by atoms with Crippen LogP contribution in [-0.4, -0.2) is 61.3 Å². The molecule has 0 bridgehead atoms. The quantitative estimate of drug-likeness (QED) is 0.571. The molecule has 184 valence electrons. The number of ether oxygens (including phenoxy) is 2. The van der Waals surface area contributed by atoms with Gasteiger partial charge in [-0.25, -0.2) is 19.2 Å². The lowest BCUT2D eigenvalue weighted by Crippen LogP contribution is -2.50. The minimum Gasteiger partial charge on any atom is -0.497 e. The molecule has 0 spiro atoms. The molecule has 8 nitrogen and oxygen atoms in total. The molecule has 0 aliphatic carbocycles. The average molecular weight is 480 g/mol. The van der Waals surface area contributed by atoms with Gasteiger partial charge in [0, 0.05) is 49.9 Å². The van der Waals surface area contributed by atoms with Crippen LogP contribution < -0.4 is 19.7 Å². The molecule has 1 saturated heterocycles. The van der Waals surface area contributed by atoms with Crippen molar-refractivity contribution < 1.29 is 18.7 Å². The van der Waals surface area contributed by atoms with Gasteiger partial charge < -0.3 is 24.6 Å². The van der Waals surface area contributed by atoms with Gasteiger partial charge in [0.05, 0.1) is 19.9 Å². The number of methoxy groups -OCH3 is 2. The molecule has 9 heteroatoms. The van der Waals surface area contributed by atoms with E-state index in [2.05, 4.69) is 15.2 Å². The molecule has 0 radical (unpaired) electrons. The van der Waals surface area contributed by atoms with E-state index in [9.17, 15) is 9.18 Å². The van der Waals surface area contributed by atoms with E-state index in [-0.39, 0.29) is 11.8 Å². The Balaban J connectivity index is 1.46. The number of carbonyl (C=O) groups excluding carboxylic acids is 1. The van der Waals surface area contributed by atoms with Gasteiger partial charge in [-0.3, -0.25) is 0 Å². The molecule has 1 N–H and O–H groups in total. The van der Waals surface area contributed by atoms with Gasteiger partial charge in [-0.1, -0.05) is 12.1 Å². The largest absolute Gasteiger partial charge is 0.497 e. The third-order valence-electron chi connectivity index (χ3n) is 6.09. The lowest BCUT2D eigenvalue weighted by Gasteiger charge is -2.36. The van der Waals surface area contributed by atoms with Crippen LogP contribution in [-0.2, 0) is 6.42 Å². The maximum atomic E-state index is 13.8. The van der Waals surface area contributed by atoms with Crippen LogP contribution in [0.1, 0.15) is 22.6 Å². The maximum Gasteiger partial charge on any atom is 0.322 e. The van der Waals surface area contributed by atoms with Crippen LogP contribution in [0.5, 0.6) is 11.5 Å². The lowest BCUT2D eigenvalue weighted by molar-refractivity contribution is 0.208. The van der Waals surface area contributed by atoms with Crippen molar-refractivity contribution in [1.82, 2.24) is 14.9 Å². The zero-order chi connectivity index (χ0) is 24.9. The van der Waals surface area contributed by atoms with Crippen LogP contribution >= 0.6 is 0 Å². The number of nitrogens with one attached hydrogen (secondary N) is 1. The molecule has 0 unspecified atom stereocenters. The van der Waals surface area contributed by atoms with Gasteiger partial charge in [-0.15, -0.1) is 0 Å². The second-order valence-electron chi connectivity index (χ2n) is 8.44. The molecule has 3 aromatic rings. The normalized spacial score (nSPS) is 13.5. The highest BCUT2D eigenvalue weighted by Gasteiger charge is 2.25. The zero-order valence-corrected chi connectivity index (χ0v) is 20.5. The van der Waals surface area contributed by atoms with E-state index in [1.165, 1.54) is 6.07 Å². The number of halogens is 1. The number of rotatable bonds is 6. The van der Waals surface area contributed by atoms with Crippen molar-refractivity contribution >= 4 is 17.5 Å². The van der Waals surface area contributed by atoms with E-state index in [1.807, 2.05) is 19.9 Å². The Morgan fingerprint density at radius 1 is 1.03 bits per heavy atom. The third kappa shape index (κ3) is 5.62. The van der Waals surface area contributed by atoms with Crippen LogP contribution in [0.25, 0.3) is 0 Å². The SMILES string of the molecule is COc1ccc(NC(=O)N2CCN(c3nc(C)nc(C)c3Cc3cccc(F)c3)CC2)c(OC)c1. The molecule has 1 fully saturated rings. The fourth-order valence-corrected chi connectivity index (χ4v) is 4.25. The Labute approximate surface area is 204 Å². The zero-order valence-electron chi connectivity index (χ0n) is 20.5. The van der Waals surface area contributed by atoms with Crippen LogP contribution in [0.3, 0.4) is 0 Å². The van der Waals surface area contributed by atoms with Gasteiger partial charge >= 0.3 is 6.03 Å². The van der Waals surface area contributed by atoms with E-state index in [4.69, 9.17) is 14.5 Å². The van der Waals surface area contributed by atoms with Crippen molar-refractivity contribution in [3.05, 3.63) is 70.9 Å². The van der Waals surface area contributed by atoms with Crippen molar-refractivity contribution in [2.45, 2.75) is 20.3 Å². The molecule has 1 aliphatic heterocycles. The highest BCUT2D eigenvalue weighted by molar-refractivity contribution is 5.91. The molecule has 2 aromatic carbocycles. The smallest absolute Gasteiger partial charge is 0.322 e. The first kappa shape index (κ1) is 24.3. The standard InChI is InChI=1S/C26H30FN5O3/c1-17-22(15-19-6-5-7-20(27)14-19)25(29-18(2)28-17)31-10-12-32(13-11-31)26(33)30-23-9-8-21(34-3)16-24(23)35-4/h5-9,14,16H,10-13,15H2,1-4H3,(H,30,33). The Bertz CT molecular complexity index is 1210. The van der Waals surface area contributed by atoms with Crippen molar-refractivity contribution in [1.29, 1.82) is 0 Å². The second kappa shape index (κ2) is 10.6. The second-order valence-corrected chi connectivity index (χ2v) is 8.44. The first-order chi connectivity index (χ1) is 16.9. The van der Waals surface area contributed by atoms with Gasteiger partial charge in [0.25, 0.3) is 0 Å². The average Bonchev–Trinajstić information content (AvgIpc) is 2.86. The number of piperazine rings is 1. The Morgan fingerprint density at radius 3 is 2.49 bits per heavy atom. The number of anilines is 2. The fraction of sp³-hybridized carbons (Fsp3) is 0.346. The molecular weight excluding hydrogens is 449 g/mol. The molecule has 2 heterocycles. The van der Waals surface area contributed by atoms with Crippen molar-refractivity contribution in [3.8, 4) is 11.5 Å². The summed E-state index contributed by atoms with van der Waals surface area (Å²) in [6.07, 6.45) is 0.539. The molecule has 4 rings (SSSR count). The Hall–Kier alpha value is -3.88. The Kier molecular flexibility index (Phi) is 7.33. The van der Waals surface area contributed by atoms with E-state index in [0.29, 0.717) is 55.6 Å². The topological polar surface area (TPSA) is 79.8 Å². The van der Waals surface area contributed by atoms with Crippen LogP contribution in [0, 0.1) is 19.7 Å². The monoisotopic (exact) mass is 479 g/mol. The first-order valence-corrected chi connectivity index (χ1v) is 11.5. The van der Waals surface area contributed by atoms with E-state index >= 15 is 0 Å². The summed E-state index contributed by atoms with van der Waals surface area (Å²) in [5, 5.41) is 2.93. The van der Waals surface area contributed by atoms with Gasteiger partial charge in [0.2, 0.25) is 0 Å². The summed E-state index contributed by atoms with van der Waals surface area (Å²) in [5.74, 6) is 2.45. The van der Waals surface area contributed by atoms with Crippen LogP contribution in [0.15, 0.2) is 42.5 Å². The number of aryl methyl sites for hydroxylation is 2. The maximum absolute atomic E-state index is 13.8. The summed E-state index contributed by atoms with van der Waals surface area (Å²) in [5.41, 5.74) is 3.30. The number of benzene rings is 2. The van der Waals surface area contributed by atoms with Gasteiger partial charge in [-0.05, 0) is 43.7 Å². The van der Waals surface area contributed by atoms with Gasteiger partial charge in [0.1, 0.15) is 29.0 Å². The molecule has 1 aromatic heterocycles. The van der Waals surface area contributed by atoms with Crippen molar-refractivity contribution in [3.63, 3.8) is 0 Å². The predicted octanol–water partition coefficient (Wildman–Crippen LogP) is 4.19. The summed E-state index contributed by atoms with van der Waals surface area (Å²) in [7, 11) is 3.13. The number of carbonyl (C=O) groups is 1. The minimum absolute atomic E-state index is 0.192. The number of hydrogen-bond acceptors (Lipinski definition) is 6. The number of urea groups is 1. The number of hydrogen-bond donors (Lipinski definition) is 1. The molecule has 1 aliphatic rings. The van der Waals surface area contributed by atoms with E-state index in [1.54, 1.807) is 49.5 Å². The number of nitrogens with zero attached hydrogens (tertiary/aromatic N) is 4. The Morgan fingerprint density at radius 2 is 1.80 bits per heavy atom. The molecule has 35 heavy (non-hydrogen) atoms. The highest BCUT2D eigenvalue weighted by Crippen LogP contribution is 2.30. The van der Waals surface area contributed by atoms with Crippen molar-refractivity contribution in [2.75, 3.05) is 50.6 Å². The molecule has 2 amide bonds. The van der Waals surface area contributed by atoms with Crippen LogP contribution in [0.4, 0.5) is 20.7 Å². The summed E-state index contributed by atoms with van der Waals surface area (Å²) >= 11 is 0. The molecule has 0 saturated carbocycles. The summed E-state index contributed by atoms with van der Waals surface area (Å²) in [4.78, 5) is 26.1. The number of aromatic nitrogens is 2. The number of amides is 2. The predicted molar refractivity (Wildman–Crippen MR) is 133 cm³/mol. The first-order valence-electron chi connectivity index (χ1n) is 11.5. The van der Waals surface area contributed by atoms with Crippen LogP contribution in [0.2, 0.25) is 0 Å². The minimum atomic E-state index is -0.261. The summed E-state index contributed by atoms with van der Waals surface area (Å²) in [6.45, 7) is 6.14. The molecule has 0 atom stereocenters. The highest BCUT2D eigenvalue weighted by atomic mass is 19.1. The van der Waals surface area contributed by atoms with Gasteiger partial charge in [0.15, 0.2) is 0 Å².